The van der Waals surface area contributed by atoms with Crippen molar-refractivity contribution in [1.29, 1.82) is 0 Å². The van der Waals surface area contributed by atoms with E-state index in [9.17, 15) is 0 Å². The average Bonchev–Trinajstić information content (AvgIpc) is 3.34. The highest BCUT2D eigenvalue weighted by Gasteiger charge is 2.23. The van der Waals surface area contributed by atoms with E-state index in [2.05, 4.69) is 57.5 Å². The zero-order chi connectivity index (χ0) is 20.0. The van der Waals surface area contributed by atoms with Gasteiger partial charge in [0.1, 0.15) is 5.65 Å². The molecular weight excluding hydrogens is 358 g/mol. The van der Waals surface area contributed by atoms with E-state index >= 15 is 0 Å². The van der Waals surface area contributed by atoms with Gasteiger partial charge in [-0.3, -0.25) is 0 Å². The summed E-state index contributed by atoms with van der Waals surface area (Å²) in [5.74, 6) is 1.34. The fraction of sp³-hybridized carbons (Fsp3) is 0.417. The summed E-state index contributed by atoms with van der Waals surface area (Å²) in [5.41, 5.74) is 4.66. The molecule has 150 valence electrons. The number of benzene rings is 1. The smallest absolute Gasteiger partial charge is 0.138 e. The van der Waals surface area contributed by atoms with E-state index in [-0.39, 0.29) is 0 Å². The Morgan fingerprint density at radius 3 is 2.66 bits per heavy atom. The molecule has 0 aliphatic carbocycles. The van der Waals surface area contributed by atoms with Crippen molar-refractivity contribution in [2.75, 3.05) is 19.6 Å². The van der Waals surface area contributed by atoms with Gasteiger partial charge < -0.3 is 14.5 Å². The highest BCUT2D eigenvalue weighted by molar-refractivity contribution is 6.06. The van der Waals surface area contributed by atoms with Crippen molar-refractivity contribution in [1.82, 2.24) is 24.4 Å². The zero-order valence-electron chi connectivity index (χ0n) is 17.5. The monoisotopic (exact) mass is 387 g/mol. The molecule has 4 aromatic rings. The molecule has 1 aromatic carbocycles. The molecule has 3 aromatic heterocycles. The molecule has 5 rings (SSSR count). The van der Waals surface area contributed by atoms with Gasteiger partial charge in [0, 0.05) is 47.7 Å². The first-order valence-corrected chi connectivity index (χ1v) is 10.7. The summed E-state index contributed by atoms with van der Waals surface area (Å²) in [6.07, 6.45) is 8.19. The molecule has 5 nitrogen and oxygen atoms in total. The van der Waals surface area contributed by atoms with Crippen molar-refractivity contribution in [3.8, 4) is 11.3 Å². The van der Waals surface area contributed by atoms with Crippen LogP contribution in [-0.4, -0.2) is 44.1 Å². The fourth-order valence-corrected chi connectivity index (χ4v) is 4.76. The standard InChI is InChI=1S/C24H29N5/c1-16(2)14-29-8-6-17(7-9-29)22-11-21-20-10-18(23-13-25-15-28(23)3)4-5-19(20)12-26-24(21)27-22/h4-5,10-13,15-17H,6-9,14H2,1-3H3,(H,26,27). The van der Waals surface area contributed by atoms with Crippen LogP contribution in [0.15, 0.2) is 43.0 Å². The second kappa shape index (κ2) is 7.30. The average molecular weight is 388 g/mol. The van der Waals surface area contributed by atoms with E-state index in [1.54, 1.807) is 0 Å². The van der Waals surface area contributed by atoms with Crippen molar-refractivity contribution < 1.29 is 0 Å². The van der Waals surface area contributed by atoms with E-state index in [0.29, 0.717) is 5.92 Å². The van der Waals surface area contributed by atoms with Gasteiger partial charge in [0.15, 0.2) is 0 Å². The van der Waals surface area contributed by atoms with Crippen LogP contribution in [0, 0.1) is 5.92 Å². The van der Waals surface area contributed by atoms with E-state index in [1.807, 2.05) is 25.8 Å². The number of H-pyrrole nitrogens is 1. The van der Waals surface area contributed by atoms with Crippen molar-refractivity contribution in [2.45, 2.75) is 32.6 Å². The third-order valence-corrected chi connectivity index (χ3v) is 6.26. The molecule has 0 saturated carbocycles. The van der Waals surface area contributed by atoms with Crippen LogP contribution in [0.4, 0.5) is 0 Å². The Morgan fingerprint density at radius 2 is 1.93 bits per heavy atom. The lowest BCUT2D eigenvalue weighted by Crippen LogP contribution is -2.35. The molecule has 0 atom stereocenters. The molecule has 4 heterocycles. The topological polar surface area (TPSA) is 49.7 Å². The van der Waals surface area contributed by atoms with Gasteiger partial charge in [-0.2, -0.15) is 0 Å². The lowest BCUT2D eigenvalue weighted by Gasteiger charge is -2.32. The number of hydrogen-bond donors (Lipinski definition) is 1. The minimum Gasteiger partial charge on any atom is -0.343 e. The van der Waals surface area contributed by atoms with Crippen molar-refractivity contribution in [3.05, 3.63) is 48.7 Å². The highest BCUT2D eigenvalue weighted by atomic mass is 15.1. The van der Waals surface area contributed by atoms with Gasteiger partial charge >= 0.3 is 0 Å². The zero-order valence-corrected chi connectivity index (χ0v) is 17.5. The van der Waals surface area contributed by atoms with E-state index in [1.165, 1.54) is 59.9 Å². The highest BCUT2D eigenvalue weighted by Crippen LogP contribution is 2.33. The number of imidazole rings is 1. The minimum atomic E-state index is 0.600. The Labute approximate surface area is 171 Å². The number of pyridine rings is 1. The molecule has 0 radical (unpaired) electrons. The van der Waals surface area contributed by atoms with Gasteiger partial charge in [-0.05, 0) is 49.4 Å². The first kappa shape index (κ1) is 18.4. The van der Waals surface area contributed by atoms with E-state index in [4.69, 9.17) is 4.98 Å². The second-order valence-electron chi connectivity index (χ2n) is 8.91. The molecule has 0 unspecified atom stereocenters. The summed E-state index contributed by atoms with van der Waals surface area (Å²) in [5, 5.41) is 3.67. The van der Waals surface area contributed by atoms with Crippen molar-refractivity contribution in [3.63, 3.8) is 0 Å². The second-order valence-corrected chi connectivity index (χ2v) is 8.91. The molecular formula is C24H29N5. The van der Waals surface area contributed by atoms with Gasteiger partial charge in [0.25, 0.3) is 0 Å². The maximum Gasteiger partial charge on any atom is 0.138 e. The Kier molecular flexibility index (Phi) is 4.63. The molecule has 29 heavy (non-hydrogen) atoms. The largest absolute Gasteiger partial charge is 0.343 e. The summed E-state index contributed by atoms with van der Waals surface area (Å²) in [7, 11) is 2.04. The molecule has 5 heteroatoms. The number of aryl methyl sites for hydroxylation is 1. The molecule has 1 N–H and O–H groups in total. The SMILES string of the molecule is CC(C)CN1CCC(c2cc3c(ncc4ccc(-c5cncn5C)cc43)[nH]2)CC1. The molecule has 0 spiro atoms. The molecule has 1 aliphatic rings. The molecule has 1 aliphatic heterocycles. The minimum absolute atomic E-state index is 0.600. The molecule has 0 bridgehead atoms. The number of aromatic nitrogens is 4. The maximum absolute atomic E-state index is 4.71. The quantitative estimate of drug-likeness (QED) is 0.539. The molecule has 0 amide bonds. The lowest BCUT2D eigenvalue weighted by molar-refractivity contribution is 0.191. The Balaban J connectivity index is 1.48. The van der Waals surface area contributed by atoms with Crippen molar-refractivity contribution >= 4 is 21.8 Å². The van der Waals surface area contributed by atoms with Gasteiger partial charge in [-0.25, -0.2) is 9.97 Å². The number of aromatic amines is 1. The van der Waals surface area contributed by atoms with Crippen LogP contribution in [0.5, 0.6) is 0 Å². The first-order valence-electron chi connectivity index (χ1n) is 10.7. The normalized spacial score (nSPS) is 16.4. The van der Waals surface area contributed by atoms with Crippen LogP contribution >= 0.6 is 0 Å². The van der Waals surface area contributed by atoms with Crippen LogP contribution in [-0.2, 0) is 7.05 Å². The number of fused-ring (bicyclic) bond motifs is 3. The summed E-state index contributed by atoms with van der Waals surface area (Å²) in [6, 6.07) is 8.95. The van der Waals surface area contributed by atoms with Crippen LogP contribution in [0.1, 0.15) is 38.3 Å². The van der Waals surface area contributed by atoms with Gasteiger partial charge in [0.05, 0.1) is 18.2 Å². The molecule has 1 saturated heterocycles. The number of piperidine rings is 1. The van der Waals surface area contributed by atoms with E-state index < -0.39 is 0 Å². The summed E-state index contributed by atoms with van der Waals surface area (Å²) in [6.45, 7) is 8.21. The summed E-state index contributed by atoms with van der Waals surface area (Å²) in [4.78, 5) is 15.2. The number of rotatable bonds is 4. The predicted molar refractivity (Wildman–Crippen MR) is 119 cm³/mol. The summed E-state index contributed by atoms with van der Waals surface area (Å²) >= 11 is 0. The summed E-state index contributed by atoms with van der Waals surface area (Å²) < 4.78 is 2.06. The predicted octanol–water partition coefficient (Wildman–Crippen LogP) is 4.95. The van der Waals surface area contributed by atoms with E-state index in [0.717, 1.165) is 17.3 Å². The first-order chi connectivity index (χ1) is 14.1. The maximum atomic E-state index is 4.71. The number of nitrogens with one attached hydrogen (secondary N) is 1. The Hall–Kier alpha value is -2.66. The fourth-order valence-electron chi connectivity index (χ4n) is 4.76. The Bertz CT molecular complexity index is 1140. The lowest BCUT2D eigenvalue weighted by atomic mass is 9.93. The van der Waals surface area contributed by atoms with Crippen LogP contribution in [0.25, 0.3) is 33.1 Å². The van der Waals surface area contributed by atoms with Crippen LogP contribution in [0.2, 0.25) is 0 Å². The van der Waals surface area contributed by atoms with Gasteiger partial charge in [-0.15, -0.1) is 0 Å². The number of nitrogens with zero attached hydrogens (tertiary/aromatic N) is 4. The van der Waals surface area contributed by atoms with Crippen LogP contribution < -0.4 is 0 Å². The Morgan fingerprint density at radius 1 is 1.10 bits per heavy atom. The number of likely N-dealkylation sites (tertiary alicyclic amines) is 1. The number of hydrogen-bond acceptors (Lipinski definition) is 3. The molecule has 1 fully saturated rings. The van der Waals surface area contributed by atoms with Crippen molar-refractivity contribution in [2.24, 2.45) is 13.0 Å². The van der Waals surface area contributed by atoms with Crippen LogP contribution in [0.3, 0.4) is 0 Å². The van der Waals surface area contributed by atoms with Gasteiger partial charge in [0.2, 0.25) is 0 Å². The van der Waals surface area contributed by atoms with Gasteiger partial charge in [-0.1, -0.05) is 26.0 Å². The third-order valence-electron chi connectivity index (χ3n) is 6.26. The third kappa shape index (κ3) is 3.44.